The lowest BCUT2D eigenvalue weighted by atomic mass is 9.93. The van der Waals surface area contributed by atoms with Crippen LogP contribution in [0.5, 0.6) is 0 Å². The Bertz CT molecular complexity index is 473. The van der Waals surface area contributed by atoms with E-state index in [1.54, 1.807) is 0 Å². The molecule has 0 saturated heterocycles. The molecule has 0 aliphatic heterocycles. The predicted molar refractivity (Wildman–Crippen MR) is 81.8 cm³/mol. The van der Waals surface area contributed by atoms with Gasteiger partial charge in [0.2, 0.25) is 0 Å². The maximum absolute atomic E-state index is 8.84. The second-order valence-electron chi connectivity index (χ2n) is 5.73. The van der Waals surface area contributed by atoms with Gasteiger partial charge in [0.1, 0.15) is 0 Å². The molecule has 0 radical (unpaired) electrons. The van der Waals surface area contributed by atoms with Crippen molar-refractivity contribution in [1.29, 1.82) is 0 Å². The standard InChI is InChI=1S/C16H25N3O/c1-3-12-8-9-15(11(12)2)18-10-13-6-4-5-7-14(13)16(17)19-20/h4-7,11-12,15,18,20H,3,8-10H2,1-2H3,(H2,17,19). The van der Waals surface area contributed by atoms with Crippen LogP contribution in [0, 0.1) is 11.8 Å². The molecule has 0 heterocycles. The molecule has 0 aromatic heterocycles. The van der Waals surface area contributed by atoms with Crippen LogP contribution in [0.3, 0.4) is 0 Å². The van der Waals surface area contributed by atoms with E-state index in [-0.39, 0.29) is 5.84 Å². The van der Waals surface area contributed by atoms with Gasteiger partial charge in [-0.2, -0.15) is 0 Å². The van der Waals surface area contributed by atoms with E-state index in [0.29, 0.717) is 6.04 Å². The Balaban J connectivity index is 2.02. The first kappa shape index (κ1) is 14.9. The lowest BCUT2D eigenvalue weighted by molar-refractivity contribution is 0.318. The largest absolute Gasteiger partial charge is 0.409 e. The summed E-state index contributed by atoms with van der Waals surface area (Å²) in [6, 6.07) is 8.37. The van der Waals surface area contributed by atoms with Gasteiger partial charge in [-0.1, -0.05) is 49.7 Å². The number of nitrogens with one attached hydrogen (secondary N) is 1. The number of amidine groups is 1. The first-order chi connectivity index (χ1) is 9.67. The zero-order chi connectivity index (χ0) is 14.5. The number of hydrogen-bond donors (Lipinski definition) is 3. The highest BCUT2D eigenvalue weighted by atomic mass is 16.4. The van der Waals surface area contributed by atoms with Crippen molar-refractivity contribution < 1.29 is 5.21 Å². The van der Waals surface area contributed by atoms with E-state index < -0.39 is 0 Å². The molecule has 1 aromatic rings. The molecule has 4 heteroatoms. The minimum atomic E-state index is 0.174. The van der Waals surface area contributed by atoms with Crippen LogP contribution < -0.4 is 11.1 Å². The Morgan fingerprint density at radius 3 is 2.80 bits per heavy atom. The minimum absolute atomic E-state index is 0.174. The summed E-state index contributed by atoms with van der Waals surface area (Å²) in [5.41, 5.74) is 7.61. The van der Waals surface area contributed by atoms with E-state index in [2.05, 4.69) is 24.3 Å². The molecule has 3 atom stereocenters. The molecule has 1 saturated carbocycles. The number of oxime groups is 1. The van der Waals surface area contributed by atoms with Gasteiger partial charge in [-0.15, -0.1) is 0 Å². The topological polar surface area (TPSA) is 70.6 Å². The van der Waals surface area contributed by atoms with Crippen molar-refractivity contribution in [2.45, 2.75) is 45.7 Å². The molecule has 1 fully saturated rings. The highest BCUT2D eigenvalue weighted by molar-refractivity contribution is 5.98. The number of benzene rings is 1. The zero-order valence-corrected chi connectivity index (χ0v) is 12.3. The fourth-order valence-electron chi connectivity index (χ4n) is 3.33. The van der Waals surface area contributed by atoms with Crippen molar-refractivity contribution in [3.63, 3.8) is 0 Å². The lowest BCUT2D eigenvalue weighted by Gasteiger charge is -2.21. The lowest BCUT2D eigenvalue weighted by Crippen LogP contribution is -2.33. The van der Waals surface area contributed by atoms with Gasteiger partial charge in [0.15, 0.2) is 5.84 Å². The van der Waals surface area contributed by atoms with Gasteiger partial charge in [-0.05, 0) is 30.2 Å². The smallest absolute Gasteiger partial charge is 0.170 e. The normalized spacial score (nSPS) is 26.9. The van der Waals surface area contributed by atoms with Crippen LogP contribution in [-0.2, 0) is 6.54 Å². The summed E-state index contributed by atoms with van der Waals surface area (Å²) in [4.78, 5) is 0. The average Bonchev–Trinajstić information content (AvgIpc) is 2.85. The molecule has 0 bridgehead atoms. The van der Waals surface area contributed by atoms with E-state index in [1.807, 2.05) is 24.3 Å². The average molecular weight is 275 g/mol. The summed E-state index contributed by atoms with van der Waals surface area (Å²) >= 11 is 0. The van der Waals surface area contributed by atoms with Crippen molar-refractivity contribution in [3.8, 4) is 0 Å². The van der Waals surface area contributed by atoms with Gasteiger partial charge in [0.25, 0.3) is 0 Å². The maximum atomic E-state index is 8.84. The molecule has 4 N–H and O–H groups in total. The molecule has 110 valence electrons. The van der Waals surface area contributed by atoms with Crippen molar-refractivity contribution in [3.05, 3.63) is 35.4 Å². The number of nitrogens with zero attached hydrogens (tertiary/aromatic N) is 1. The van der Waals surface area contributed by atoms with Crippen LogP contribution in [0.1, 0.15) is 44.2 Å². The van der Waals surface area contributed by atoms with Crippen molar-refractivity contribution in [2.75, 3.05) is 0 Å². The molecular formula is C16H25N3O. The monoisotopic (exact) mass is 275 g/mol. The number of nitrogens with two attached hydrogens (primary N) is 1. The highest BCUT2D eigenvalue weighted by Crippen LogP contribution is 2.34. The number of rotatable bonds is 5. The van der Waals surface area contributed by atoms with Crippen LogP contribution in [0.4, 0.5) is 0 Å². The molecular weight excluding hydrogens is 250 g/mol. The van der Waals surface area contributed by atoms with E-state index in [9.17, 15) is 0 Å². The van der Waals surface area contributed by atoms with Crippen LogP contribution in [0.15, 0.2) is 29.4 Å². The third-order valence-electron chi connectivity index (χ3n) is 4.71. The second kappa shape index (κ2) is 6.75. The fraction of sp³-hybridized carbons (Fsp3) is 0.562. The predicted octanol–water partition coefficient (Wildman–Crippen LogP) is 2.70. The van der Waals surface area contributed by atoms with Crippen molar-refractivity contribution in [1.82, 2.24) is 5.32 Å². The first-order valence-corrected chi connectivity index (χ1v) is 7.46. The third-order valence-corrected chi connectivity index (χ3v) is 4.71. The Hall–Kier alpha value is -1.55. The molecule has 4 nitrogen and oxygen atoms in total. The number of hydrogen-bond acceptors (Lipinski definition) is 3. The fourth-order valence-corrected chi connectivity index (χ4v) is 3.33. The van der Waals surface area contributed by atoms with Crippen LogP contribution in [0.2, 0.25) is 0 Å². The molecule has 20 heavy (non-hydrogen) atoms. The van der Waals surface area contributed by atoms with Gasteiger partial charge in [-0.3, -0.25) is 0 Å². The van der Waals surface area contributed by atoms with Crippen molar-refractivity contribution >= 4 is 5.84 Å². The summed E-state index contributed by atoms with van der Waals surface area (Å²) in [6.07, 6.45) is 3.82. The quantitative estimate of drug-likeness (QED) is 0.335. The highest BCUT2D eigenvalue weighted by Gasteiger charge is 2.30. The molecule has 3 unspecified atom stereocenters. The molecule has 0 spiro atoms. The Kier molecular flexibility index (Phi) is 5.01. The Morgan fingerprint density at radius 1 is 1.40 bits per heavy atom. The summed E-state index contributed by atoms with van der Waals surface area (Å²) in [5, 5.41) is 15.6. The minimum Gasteiger partial charge on any atom is -0.409 e. The molecule has 1 aromatic carbocycles. The molecule has 1 aliphatic carbocycles. The maximum Gasteiger partial charge on any atom is 0.170 e. The Morgan fingerprint density at radius 2 is 2.15 bits per heavy atom. The van der Waals surface area contributed by atoms with E-state index >= 15 is 0 Å². The first-order valence-electron chi connectivity index (χ1n) is 7.46. The van der Waals surface area contributed by atoms with Gasteiger partial charge in [0, 0.05) is 18.2 Å². The molecule has 1 aliphatic rings. The van der Waals surface area contributed by atoms with E-state index in [1.165, 1.54) is 19.3 Å². The summed E-state index contributed by atoms with van der Waals surface area (Å²) < 4.78 is 0. The summed E-state index contributed by atoms with van der Waals surface area (Å²) in [7, 11) is 0. The van der Waals surface area contributed by atoms with Crippen LogP contribution >= 0.6 is 0 Å². The summed E-state index contributed by atoms with van der Waals surface area (Å²) in [6.45, 7) is 5.38. The summed E-state index contributed by atoms with van der Waals surface area (Å²) in [5.74, 6) is 1.73. The van der Waals surface area contributed by atoms with Gasteiger partial charge in [-0.25, -0.2) is 0 Å². The van der Waals surface area contributed by atoms with E-state index in [4.69, 9.17) is 10.9 Å². The van der Waals surface area contributed by atoms with Gasteiger partial charge >= 0.3 is 0 Å². The molecule has 2 rings (SSSR count). The second-order valence-corrected chi connectivity index (χ2v) is 5.73. The zero-order valence-electron chi connectivity index (χ0n) is 12.3. The van der Waals surface area contributed by atoms with Crippen molar-refractivity contribution in [2.24, 2.45) is 22.7 Å². The van der Waals surface area contributed by atoms with E-state index in [0.717, 1.165) is 29.5 Å². The van der Waals surface area contributed by atoms with Crippen LogP contribution in [-0.4, -0.2) is 17.1 Å². The van der Waals surface area contributed by atoms with Gasteiger partial charge < -0.3 is 16.3 Å². The molecule has 0 amide bonds. The third kappa shape index (κ3) is 3.12. The Labute approximate surface area is 121 Å². The van der Waals surface area contributed by atoms with Gasteiger partial charge in [0.05, 0.1) is 0 Å². The van der Waals surface area contributed by atoms with Crippen LogP contribution in [0.25, 0.3) is 0 Å². The SMILES string of the molecule is CCC1CCC(NCc2ccccc2C(N)=NO)C1C.